The molecule has 2 aromatic heterocycles. The van der Waals surface area contributed by atoms with Crippen LogP contribution in [0.2, 0.25) is 0 Å². The number of aliphatic carboxylic acids is 1. The van der Waals surface area contributed by atoms with E-state index in [0.717, 1.165) is 12.3 Å². The first kappa shape index (κ1) is 23.6. The number of rotatable bonds is 5. The average molecular weight is 489 g/mol. The molecule has 0 saturated heterocycles. The minimum atomic E-state index is -4.62. The van der Waals surface area contributed by atoms with Crippen LogP contribution < -0.4 is 5.32 Å². The number of halogens is 3. The van der Waals surface area contributed by atoms with E-state index in [0.29, 0.717) is 34.0 Å². The number of benzene rings is 1. The van der Waals surface area contributed by atoms with Crippen molar-refractivity contribution in [2.45, 2.75) is 37.5 Å². The number of carboxylic acids is 1. The van der Waals surface area contributed by atoms with Crippen LogP contribution in [0, 0.1) is 17.2 Å². The fourth-order valence-electron chi connectivity index (χ4n) is 3.79. The molecule has 176 valence electrons. The zero-order chi connectivity index (χ0) is 24.5. The molecule has 2 heterocycles. The third kappa shape index (κ3) is 5.00. The third-order valence-corrected chi connectivity index (χ3v) is 6.85. The van der Waals surface area contributed by atoms with Crippen LogP contribution >= 0.6 is 11.3 Å². The summed E-state index contributed by atoms with van der Waals surface area (Å²) in [5.74, 6) is -1.64. The number of hydrogen-bond donors (Lipinski definition) is 3. The average Bonchev–Trinajstić information content (AvgIpc) is 3.30. The highest BCUT2D eigenvalue weighted by molar-refractivity contribution is 7.15. The Hall–Kier alpha value is -3.56. The van der Waals surface area contributed by atoms with Crippen LogP contribution in [0.5, 0.6) is 0 Å². The van der Waals surface area contributed by atoms with Gasteiger partial charge in [0.15, 0.2) is 0 Å². The summed E-state index contributed by atoms with van der Waals surface area (Å²) < 4.78 is 38.8. The molecule has 1 fully saturated rings. The normalized spacial score (nSPS) is 20.5. The molecule has 3 N–H and O–H groups in total. The zero-order valence-electron chi connectivity index (χ0n) is 17.5. The van der Waals surface area contributed by atoms with Crippen LogP contribution in [0.1, 0.15) is 41.9 Å². The fourth-order valence-corrected chi connectivity index (χ4v) is 4.84. The lowest BCUT2D eigenvalue weighted by Crippen LogP contribution is -2.33. The second-order valence-corrected chi connectivity index (χ2v) is 9.00. The number of aromatic nitrogens is 3. The predicted octanol–water partition coefficient (Wildman–Crippen LogP) is 4.70. The number of thiazole rings is 1. The molecule has 34 heavy (non-hydrogen) atoms. The summed E-state index contributed by atoms with van der Waals surface area (Å²) in [4.78, 5) is 23.4. The van der Waals surface area contributed by atoms with Crippen LogP contribution in [-0.2, 0) is 16.6 Å². The molecule has 0 atom stereocenters. The Bertz CT molecular complexity index is 1260. The fraction of sp³-hybridized carbons (Fsp3) is 0.318. The molecule has 0 bridgehead atoms. The van der Waals surface area contributed by atoms with Crippen molar-refractivity contribution in [2.75, 3.05) is 5.32 Å². The topological polar surface area (TPSA) is 132 Å². The van der Waals surface area contributed by atoms with Gasteiger partial charge in [-0.3, -0.25) is 4.79 Å². The maximum Gasteiger partial charge on any atom is 0.433 e. The zero-order valence-corrected chi connectivity index (χ0v) is 18.3. The van der Waals surface area contributed by atoms with E-state index in [1.807, 2.05) is 6.07 Å². The van der Waals surface area contributed by atoms with Crippen molar-refractivity contribution in [3.05, 3.63) is 52.9 Å². The lowest BCUT2D eigenvalue weighted by Gasteiger charge is -2.32. The standard InChI is InChI=1S/C22H18F3N5O3S/c23-22(24,25)17-3-6-27-20(30-17)29-15-8-12(10-26)7-14(9-15)16-11-28-19(34-16)21(33)4-1-13(2-5-21)18(31)32/h3,6-9,11,13,33H,1-2,4-5H2,(H,31,32)(H,27,29,30). The van der Waals surface area contributed by atoms with Crippen molar-refractivity contribution in [3.63, 3.8) is 0 Å². The minimum absolute atomic E-state index is 0.252. The summed E-state index contributed by atoms with van der Waals surface area (Å²) >= 11 is 1.22. The van der Waals surface area contributed by atoms with Crippen LogP contribution in [-0.4, -0.2) is 31.1 Å². The van der Waals surface area contributed by atoms with E-state index in [4.69, 9.17) is 0 Å². The molecule has 0 spiro atoms. The smallest absolute Gasteiger partial charge is 0.433 e. The summed E-state index contributed by atoms with van der Waals surface area (Å²) in [6.45, 7) is 0. The summed E-state index contributed by atoms with van der Waals surface area (Å²) in [5.41, 5.74) is -1.19. The predicted molar refractivity (Wildman–Crippen MR) is 116 cm³/mol. The maximum absolute atomic E-state index is 12.9. The van der Waals surface area contributed by atoms with Gasteiger partial charge in [0.25, 0.3) is 0 Å². The number of carboxylic acid groups (broad SMARTS) is 1. The van der Waals surface area contributed by atoms with E-state index >= 15 is 0 Å². The molecule has 3 aromatic rings. The molecule has 0 amide bonds. The Kier molecular flexibility index (Phi) is 6.24. The number of hydrogen-bond acceptors (Lipinski definition) is 8. The first-order valence-corrected chi connectivity index (χ1v) is 11.0. The quantitative estimate of drug-likeness (QED) is 0.470. The van der Waals surface area contributed by atoms with Crippen LogP contribution in [0.15, 0.2) is 36.7 Å². The lowest BCUT2D eigenvalue weighted by molar-refractivity contribution is -0.145. The Balaban J connectivity index is 1.59. The molecule has 0 aliphatic heterocycles. The first-order chi connectivity index (χ1) is 16.1. The molecule has 4 rings (SSSR count). The van der Waals surface area contributed by atoms with Gasteiger partial charge in [0.05, 0.1) is 22.4 Å². The summed E-state index contributed by atoms with van der Waals surface area (Å²) in [6, 6.07) is 7.44. The Labute approximate surface area is 195 Å². The third-order valence-electron chi connectivity index (χ3n) is 5.61. The van der Waals surface area contributed by atoms with Crippen molar-refractivity contribution in [2.24, 2.45) is 5.92 Å². The molecule has 12 heteroatoms. The van der Waals surface area contributed by atoms with E-state index < -0.39 is 29.4 Å². The highest BCUT2D eigenvalue weighted by atomic mass is 32.1. The molecule has 1 aliphatic carbocycles. The van der Waals surface area contributed by atoms with E-state index in [1.54, 1.807) is 18.3 Å². The van der Waals surface area contributed by atoms with E-state index in [1.165, 1.54) is 17.4 Å². The van der Waals surface area contributed by atoms with Gasteiger partial charge < -0.3 is 15.5 Å². The largest absolute Gasteiger partial charge is 0.481 e. The number of nitriles is 1. The van der Waals surface area contributed by atoms with E-state index in [2.05, 4.69) is 20.3 Å². The number of nitrogens with one attached hydrogen (secondary N) is 1. The lowest BCUT2D eigenvalue weighted by atomic mass is 9.79. The number of anilines is 2. The van der Waals surface area contributed by atoms with Crippen molar-refractivity contribution in [1.82, 2.24) is 15.0 Å². The molecule has 0 radical (unpaired) electrons. The Morgan fingerprint density at radius 1 is 1.24 bits per heavy atom. The van der Waals surface area contributed by atoms with Crippen molar-refractivity contribution >= 4 is 28.9 Å². The van der Waals surface area contributed by atoms with Gasteiger partial charge in [0.2, 0.25) is 5.95 Å². The Morgan fingerprint density at radius 3 is 2.62 bits per heavy atom. The number of aliphatic hydroxyl groups is 1. The van der Waals surface area contributed by atoms with E-state index in [9.17, 15) is 33.4 Å². The van der Waals surface area contributed by atoms with Gasteiger partial charge in [-0.2, -0.15) is 18.4 Å². The van der Waals surface area contributed by atoms with Gasteiger partial charge >= 0.3 is 12.1 Å². The molecule has 8 nitrogen and oxygen atoms in total. The molecule has 1 aromatic carbocycles. The van der Waals surface area contributed by atoms with Gasteiger partial charge in [-0.25, -0.2) is 15.0 Å². The van der Waals surface area contributed by atoms with Gasteiger partial charge in [-0.15, -0.1) is 11.3 Å². The van der Waals surface area contributed by atoms with Gasteiger partial charge in [0, 0.05) is 18.1 Å². The van der Waals surface area contributed by atoms with Crippen molar-refractivity contribution < 1.29 is 28.2 Å². The summed E-state index contributed by atoms with van der Waals surface area (Å²) in [6.07, 6.45) is -0.859. The van der Waals surface area contributed by atoms with Crippen LogP contribution in [0.25, 0.3) is 10.4 Å². The number of carbonyl (C=O) groups is 1. The van der Waals surface area contributed by atoms with Gasteiger partial charge in [-0.05, 0) is 55.5 Å². The van der Waals surface area contributed by atoms with Crippen molar-refractivity contribution in [3.8, 4) is 16.5 Å². The van der Waals surface area contributed by atoms with Crippen molar-refractivity contribution in [1.29, 1.82) is 5.26 Å². The maximum atomic E-state index is 12.9. The van der Waals surface area contributed by atoms with Crippen LogP contribution in [0.3, 0.4) is 0 Å². The second-order valence-electron chi connectivity index (χ2n) is 7.97. The molecule has 1 saturated carbocycles. The van der Waals surface area contributed by atoms with Gasteiger partial charge in [-0.1, -0.05) is 0 Å². The van der Waals surface area contributed by atoms with Gasteiger partial charge in [0.1, 0.15) is 16.3 Å². The van der Waals surface area contributed by atoms with Crippen LogP contribution in [0.4, 0.5) is 24.8 Å². The van der Waals surface area contributed by atoms with E-state index in [-0.39, 0.29) is 24.4 Å². The monoisotopic (exact) mass is 489 g/mol. The first-order valence-electron chi connectivity index (χ1n) is 10.2. The molecule has 0 unspecified atom stereocenters. The highest BCUT2D eigenvalue weighted by Gasteiger charge is 2.39. The summed E-state index contributed by atoms with van der Waals surface area (Å²) in [5, 5.41) is 32.8. The molecule has 1 aliphatic rings. The Morgan fingerprint density at radius 2 is 1.97 bits per heavy atom. The SMILES string of the molecule is N#Cc1cc(Nc2nccc(C(F)(F)F)n2)cc(-c2cnc(C3(O)CCC(C(=O)O)CC3)s2)c1. The number of alkyl halides is 3. The second kappa shape index (κ2) is 9.00. The molecular formula is C22H18F3N5O3S. The minimum Gasteiger partial charge on any atom is -0.481 e. The molecular weight excluding hydrogens is 471 g/mol. The number of nitrogens with zero attached hydrogens (tertiary/aromatic N) is 4. The summed E-state index contributed by atoms with van der Waals surface area (Å²) in [7, 11) is 0. The highest BCUT2D eigenvalue weighted by Crippen LogP contribution is 2.43.